The fourth-order valence-electron chi connectivity index (χ4n) is 3.62. The van der Waals surface area contributed by atoms with Crippen molar-refractivity contribution in [1.29, 1.82) is 0 Å². The number of non-ortho nitro benzene ring substituents is 1. The van der Waals surface area contributed by atoms with E-state index in [1.165, 1.54) is 28.6 Å². The number of rotatable bonds is 6. The molecule has 10 nitrogen and oxygen atoms in total. The van der Waals surface area contributed by atoms with E-state index in [0.717, 1.165) is 5.56 Å². The van der Waals surface area contributed by atoms with Gasteiger partial charge in [-0.05, 0) is 36.8 Å². The van der Waals surface area contributed by atoms with Gasteiger partial charge in [0.2, 0.25) is 15.9 Å². The Bertz CT molecular complexity index is 1290. The Labute approximate surface area is 184 Å². The Kier molecular flexibility index (Phi) is 5.96. The summed E-state index contributed by atoms with van der Waals surface area (Å²) >= 11 is 0. The monoisotopic (exact) mass is 458 g/mol. The van der Waals surface area contributed by atoms with Gasteiger partial charge in [-0.25, -0.2) is 8.42 Å². The predicted molar refractivity (Wildman–Crippen MR) is 118 cm³/mol. The molecule has 11 heteroatoms. The number of ether oxygens (including phenoxy) is 1. The van der Waals surface area contributed by atoms with Gasteiger partial charge >= 0.3 is 0 Å². The number of anilines is 1. The molecule has 0 bridgehead atoms. The molecule has 0 aliphatic carbocycles. The standard InChI is InChI=1S/C21H22N4O6S/c1-15-2-4-18(32(29,30)24-8-10-31-11-9-24)13-19(15)22-21(26)14-23-7-6-16-12-17(25(27)28)3-5-20(16)23/h2-7,12-13H,8-11,14H2,1H3,(H,22,26). The van der Waals surface area contributed by atoms with Gasteiger partial charge in [-0.3, -0.25) is 14.9 Å². The molecule has 1 amide bonds. The number of fused-ring (bicyclic) bond motifs is 1. The van der Waals surface area contributed by atoms with Crippen LogP contribution in [0.5, 0.6) is 0 Å². The first-order chi connectivity index (χ1) is 15.3. The lowest BCUT2D eigenvalue weighted by Crippen LogP contribution is -2.40. The number of aromatic nitrogens is 1. The fraction of sp³-hybridized carbons (Fsp3) is 0.286. The number of carbonyl (C=O) groups is 1. The van der Waals surface area contributed by atoms with Gasteiger partial charge < -0.3 is 14.6 Å². The lowest BCUT2D eigenvalue weighted by Gasteiger charge is -2.26. The summed E-state index contributed by atoms with van der Waals surface area (Å²) in [7, 11) is -3.69. The first-order valence-electron chi connectivity index (χ1n) is 9.97. The Morgan fingerprint density at radius 3 is 2.62 bits per heavy atom. The van der Waals surface area contributed by atoms with Gasteiger partial charge in [0.05, 0.1) is 23.0 Å². The van der Waals surface area contributed by atoms with E-state index in [1.807, 2.05) is 0 Å². The molecule has 1 aliphatic rings. The summed E-state index contributed by atoms with van der Waals surface area (Å²) in [6.07, 6.45) is 1.68. The largest absolute Gasteiger partial charge is 0.379 e. The molecule has 4 rings (SSSR count). The molecule has 32 heavy (non-hydrogen) atoms. The summed E-state index contributed by atoms with van der Waals surface area (Å²) in [6, 6.07) is 10.8. The van der Waals surface area contributed by atoms with Crippen LogP contribution in [0.25, 0.3) is 10.9 Å². The SMILES string of the molecule is Cc1ccc(S(=O)(=O)N2CCOCC2)cc1NC(=O)Cn1ccc2cc([N+](=O)[O-])ccc21. The van der Waals surface area contributed by atoms with Gasteiger partial charge in [0, 0.05) is 48.0 Å². The molecule has 1 saturated heterocycles. The topological polar surface area (TPSA) is 124 Å². The maximum atomic E-state index is 12.9. The van der Waals surface area contributed by atoms with Crippen molar-refractivity contribution in [2.24, 2.45) is 0 Å². The molecule has 0 saturated carbocycles. The molecule has 2 heterocycles. The van der Waals surface area contributed by atoms with E-state index >= 15 is 0 Å². The number of nitro groups is 1. The molecular formula is C21H22N4O6S. The lowest BCUT2D eigenvalue weighted by molar-refractivity contribution is -0.384. The zero-order chi connectivity index (χ0) is 22.9. The van der Waals surface area contributed by atoms with E-state index in [1.54, 1.807) is 35.9 Å². The average molecular weight is 458 g/mol. The van der Waals surface area contributed by atoms with Crippen LogP contribution in [0.1, 0.15) is 5.56 Å². The summed E-state index contributed by atoms with van der Waals surface area (Å²) < 4.78 is 34.1. The summed E-state index contributed by atoms with van der Waals surface area (Å²) in [6.45, 7) is 3.03. The van der Waals surface area contributed by atoms with Crippen molar-refractivity contribution in [3.63, 3.8) is 0 Å². The number of nitrogens with zero attached hydrogens (tertiary/aromatic N) is 3. The molecule has 2 aromatic carbocycles. The van der Waals surface area contributed by atoms with Gasteiger partial charge in [-0.1, -0.05) is 6.07 Å². The van der Waals surface area contributed by atoms with Gasteiger partial charge in [-0.2, -0.15) is 4.31 Å². The zero-order valence-electron chi connectivity index (χ0n) is 17.4. The van der Waals surface area contributed by atoms with Crippen LogP contribution in [0.4, 0.5) is 11.4 Å². The van der Waals surface area contributed by atoms with E-state index in [4.69, 9.17) is 4.74 Å². The normalized spacial score (nSPS) is 15.0. The Morgan fingerprint density at radius 1 is 1.16 bits per heavy atom. The lowest BCUT2D eigenvalue weighted by atomic mass is 10.2. The minimum atomic E-state index is -3.69. The van der Waals surface area contributed by atoms with Crippen LogP contribution in [0, 0.1) is 17.0 Å². The van der Waals surface area contributed by atoms with Crippen molar-refractivity contribution in [2.75, 3.05) is 31.6 Å². The number of amides is 1. The average Bonchev–Trinajstić information content (AvgIpc) is 3.17. The van der Waals surface area contributed by atoms with Crippen molar-refractivity contribution >= 4 is 38.2 Å². The van der Waals surface area contributed by atoms with Crippen LogP contribution >= 0.6 is 0 Å². The summed E-state index contributed by atoms with van der Waals surface area (Å²) in [5, 5.41) is 14.4. The minimum Gasteiger partial charge on any atom is -0.379 e. The molecule has 168 valence electrons. The molecule has 0 radical (unpaired) electrons. The molecule has 0 unspecified atom stereocenters. The smallest absolute Gasteiger partial charge is 0.270 e. The summed E-state index contributed by atoms with van der Waals surface area (Å²) in [5.74, 6) is -0.343. The van der Waals surface area contributed by atoms with Crippen molar-refractivity contribution in [3.05, 3.63) is 64.3 Å². The van der Waals surface area contributed by atoms with Gasteiger partial charge in [0.1, 0.15) is 6.54 Å². The number of benzene rings is 2. The van der Waals surface area contributed by atoms with Crippen LogP contribution in [0.15, 0.2) is 53.6 Å². The number of aryl methyl sites for hydroxylation is 1. The molecule has 1 aliphatic heterocycles. The fourth-order valence-corrected chi connectivity index (χ4v) is 5.05. The number of nitrogens with one attached hydrogen (secondary N) is 1. The first kappa shape index (κ1) is 21.9. The van der Waals surface area contributed by atoms with Crippen LogP contribution < -0.4 is 5.32 Å². The highest BCUT2D eigenvalue weighted by atomic mass is 32.2. The first-order valence-corrected chi connectivity index (χ1v) is 11.4. The number of hydrogen-bond acceptors (Lipinski definition) is 6. The van der Waals surface area contributed by atoms with Crippen molar-refractivity contribution in [3.8, 4) is 0 Å². The Morgan fingerprint density at radius 2 is 1.91 bits per heavy atom. The number of sulfonamides is 1. The Hall–Kier alpha value is -3.28. The highest BCUT2D eigenvalue weighted by Crippen LogP contribution is 2.25. The molecule has 1 aromatic heterocycles. The van der Waals surface area contributed by atoms with Gasteiger partial charge in [0.25, 0.3) is 5.69 Å². The molecule has 3 aromatic rings. The van der Waals surface area contributed by atoms with Crippen LogP contribution in [0.3, 0.4) is 0 Å². The molecular weight excluding hydrogens is 436 g/mol. The maximum Gasteiger partial charge on any atom is 0.270 e. The number of carbonyl (C=O) groups excluding carboxylic acids is 1. The Balaban J connectivity index is 1.53. The predicted octanol–water partition coefficient (Wildman–Crippen LogP) is 2.52. The van der Waals surface area contributed by atoms with Crippen molar-refractivity contribution < 1.29 is 22.9 Å². The summed E-state index contributed by atoms with van der Waals surface area (Å²) in [4.78, 5) is 23.3. The second-order valence-corrected chi connectivity index (χ2v) is 9.42. The number of hydrogen-bond donors (Lipinski definition) is 1. The third-order valence-corrected chi connectivity index (χ3v) is 7.26. The summed E-state index contributed by atoms with van der Waals surface area (Å²) in [5.41, 5.74) is 1.81. The van der Waals surface area contributed by atoms with Crippen LogP contribution in [-0.2, 0) is 26.1 Å². The van der Waals surface area contributed by atoms with E-state index < -0.39 is 14.9 Å². The van der Waals surface area contributed by atoms with Crippen LogP contribution in [0.2, 0.25) is 0 Å². The van der Waals surface area contributed by atoms with E-state index in [-0.39, 0.29) is 36.1 Å². The highest BCUT2D eigenvalue weighted by molar-refractivity contribution is 7.89. The second-order valence-electron chi connectivity index (χ2n) is 7.49. The second kappa shape index (κ2) is 8.69. The van der Waals surface area contributed by atoms with E-state index in [2.05, 4.69) is 5.32 Å². The minimum absolute atomic E-state index is 0.0198. The van der Waals surface area contributed by atoms with Crippen molar-refractivity contribution in [2.45, 2.75) is 18.4 Å². The third-order valence-electron chi connectivity index (χ3n) is 5.37. The zero-order valence-corrected chi connectivity index (χ0v) is 18.2. The highest BCUT2D eigenvalue weighted by Gasteiger charge is 2.27. The van der Waals surface area contributed by atoms with Gasteiger partial charge in [-0.15, -0.1) is 0 Å². The number of nitro benzene ring substituents is 1. The van der Waals surface area contributed by atoms with Crippen LogP contribution in [-0.4, -0.2) is 54.4 Å². The van der Waals surface area contributed by atoms with Crippen molar-refractivity contribution in [1.82, 2.24) is 8.87 Å². The van der Waals surface area contributed by atoms with E-state index in [0.29, 0.717) is 29.8 Å². The molecule has 0 spiro atoms. The van der Waals surface area contributed by atoms with E-state index in [9.17, 15) is 23.3 Å². The molecule has 0 atom stereocenters. The maximum absolute atomic E-state index is 12.9. The quantitative estimate of drug-likeness (QED) is 0.447. The third kappa shape index (κ3) is 4.35. The molecule has 1 N–H and O–H groups in total. The number of morpholine rings is 1. The molecule has 1 fully saturated rings. The van der Waals surface area contributed by atoms with Gasteiger partial charge in [0.15, 0.2) is 0 Å².